The zero-order chi connectivity index (χ0) is 17.6. The lowest BCUT2D eigenvalue weighted by molar-refractivity contribution is -0.116. The molecule has 5 nitrogen and oxygen atoms in total. The van der Waals surface area contributed by atoms with E-state index in [0.29, 0.717) is 12.3 Å². The van der Waals surface area contributed by atoms with Gasteiger partial charge in [0.15, 0.2) is 0 Å². The molecule has 0 fully saturated rings. The Kier molecular flexibility index (Phi) is 4.11. The molecule has 1 amide bonds. The van der Waals surface area contributed by atoms with Crippen LogP contribution in [0.25, 0.3) is 0 Å². The minimum Gasteiger partial charge on any atom is -0.496 e. The van der Waals surface area contributed by atoms with Crippen molar-refractivity contribution in [1.82, 2.24) is 9.78 Å². The Balaban J connectivity index is 2.20. The van der Waals surface area contributed by atoms with Gasteiger partial charge in [-0.05, 0) is 42.5 Å². The maximum atomic E-state index is 12.2. The highest BCUT2D eigenvalue weighted by molar-refractivity contribution is 5.94. The molecule has 0 aliphatic carbocycles. The number of ether oxygens (including phenoxy) is 1. The van der Waals surface area contributed by atoms with Crippen LogP contribution in [0.15, 0.2) is 12.1 Å². The fourth-order valence-corrected chi connectivity index (χ4v) is 3.70. The van der Waals surface area contributed by atoms with Crippen LogP contribution in [0.5, 0.6) is 5.75 Å². The summed E-state index contributed by atoms with van der Waals surface area (Å²) in [6, 6.07) is 4.29. The highest BCUT2D eigenvalue weighted by Crippen LogP contribution is 2.42. The van der Waals surface area contributed by atoms with Gasteiger partial charge in [-0.15, -0.1) is 0 Å². The van der Waals surface area contributed by atoms with E-state index < -0.39 is 0 Å². The normalized spacial score (nSPS) is 17.0. The number of anilines is 1. The van der Waals surface area contributed by atoms with Crippen molar-refractivity contribution in [3.05, 3.63) is 40.1 Å². The van der Waals surface area contributed by atoms with Crippen molar-refractivity contribution in [1.29, 1.82) is 0 Å². The first kappa shape index (κ1) is 16.6. The number of carbonyl (C=O) groups is 1. The van der Waals surface area contributed by atoms with Gasteiger partial charge in [-0.25, -0.2) is 0 Å². The molecule has 1 aliphatic rings. The number of aromatic nitrogens is 2. The zero-order valence-corrected chi connectivity index (χ0v) is 15.2. The van der Waals surface area contributed by atoms with Crippen molar-refractivity contribution >= 4 is 11.7 Å². The molecule has 1 aromatic heterocycles. The second-order valence-corrected chi connectivity index (χ2v) is 6.88. The average molecular weight is 327 g/mol. The summed E-state index contributed by atoms with van der Waals surface area (Å²) >= 11 is 0. The lowest BCUT2D eigenvalue weighted by Gasteiger charge is -2.27. The van der Waals surface area contributed by atoms with E-state index in [2.05, 4.69) is 43.3 Å². The maximum absolute atomic E-state index is 12.2. The number of rotatable bonds is 3. The molecule has 128 valence electrons. The Labute approximate surface area is 143 Å². The van der Waals surface area contributed by atoms with Crippen molar-refractivity contribution in [3.8, 4) is 5.75 Å². The van der Waals surface area contributed by atoms with Gasteiger partial charge in [0.2, 0.25) is 5.91 Å². The van der Waals surface area contributed by atoms with Crippen LogP contribution in [0.3, 0.4) is 0 Å². The second-order valence-electron chi connectivity index (χ2n) is 6.88. The number of amides is 1. The second kappa shape index (κ2) is 5.96. The fraction of sp³-hybridized carbons (Fsp3) is 0.474. The molecule has 1 aliphatic heterocycles. The lowest BCUT2D eigenvalue weighted by atomic mass is 9.81. The molecule has 1 aromatic carbocycles. The number of hydrogen-bond donors (Lipinski definition) is 1. The zero-order valence-electron chi connectivity index (χ0n) is 15.2. The van der Waals surface area contributed by atoms with E-state index in [1.807, 2.05) is 14.0 Å². The molecule has 0 saturated heterocycles. The van der Waals surface area contributed by atoms with Crippen molar-refractivity contribution in [2.24, 2.45) is 7.05 Å². The Morgan fingerprint density at radius 2 is 2.04 bits per heavy atom. The Morgan fingerprint density at radius 1 is 1.33 bits per heavy atom. The predicted molar refractivity (Wildman–Crippen MR) is 94.9 cm³/mol. The van der Waals surface area contributed by atoms with E-state index in [4.69, 9.17) is 4.74 Å². The van der Waals surface area contributed by atoms with Crippen LogP contribution in [-0.2, 0) is 11.8 Å². The minimum absolute atomic E-state index is 0.0332. The molecule has 0 saturated carbocycles. The number of nitrogens with one attached hydrogen (secondary N) is 1. The van der Waals surface area contributed by atoms with Gasteiger partial charge in [0.05, 0.1) is 12.8 Å². The molecule has 1 atom stereocenters. The quantitative estimate of drug-likeness (QED) is 0.936. The third kappa shape index (κ3) is 2.58. The summed E-state index contributed by atoms with van der Waals surface area (Å²) in [4.78, 5) is 12.2. The van der Waals surface area contributed by atoms with Crippen LogP contribution in [0.1, 0.15) is 60.1 Å². The van der Waals surface area contributed by atoms with Crippen LogP contribution in [0, 0.1) is 13.8 Å². The topological polar surface area (TPSA) is 56.1 Å². The molecule has 0 radical (unpaired) electrons. The summed E-state index contributed by atoms with van der Waals surface area (Å²) in [5.74, 6) is 2.15. The number of methoxy groups -OCH3 is 1. The number of nitrogens with zero attached hydrogens (tertiary/aromatic N) is 2. The van der Waals surface area contributed by atoms with Crippen LogP contribution in [-0.4, -0.2) is 22.8 Å². The number of fused-ring (bicyclic) bond motifs is 1. The summed E-state index contributed by atoms with van der Waals surface area (Å²) < 4.78 is 7.31. The van der Waals surface area contributed by atoms with Crippen molar-refractivity contribution < 1.29 is 9.53 Å². The molecule has 1 N–H and O–H groups in total. The lowest BCUT2D eigenvalue weighted by Crippen LogP contribution is -2.25. The molecule has 1 unspecified atom stereocenters. The van der Waals surface area contributed by atoms with E-state index in [0.717, 1.165) is 28.4 Å². The van der Waals surface area contributed by atoms with Crippen LogP contribution < -0.4 is 10.1 Å². The van der Waals surface area contributed by atoms with Gasteiger partial charge in [0, 0.05) is 24.9 Å². The maximum Gasteiger partial charge on any atom is 0.226 e. The molecule has 24 heavy (non-hydrogen) atoms. The van der Waals surface area contributed by atoms with E-state index in [1.54, 1.807) is 11.8 Å². The van der Waals surface area contributed by atoms with Crippen molar-refractivity contribution in [2.45, 2.75) is 46.0 Å². The fourth-order valence-electron chi connectivity index (χ4n) is 3.70. The summed E-state index contributed by atoms with van der Waals surface area (Å²) in [6.07, 6.45) is 0.449. The summed E-state index contributed by atoms with van der Waals surface area (Å²) in [6.45, 7) is 8.40. The summed E-state index contributed by atoms with van der Waals surface area (Å²) in [7, 11) is 3.58. The number of benzene rings is 1. The van der Waals surface area contributed by atoms with Crippen molar-refractivity contribution in [3.63, 3.8) is 0 Å². The largest absolute Gasteiger partial charge is 0.496 e. The van der Waals surface area contributed by atoms with Gasteiger partial charge >= 0.3 is 0 Å². The first-order valence-electron chi connectivity index (χ1n) is 8.35. The van der Waals surface area contributed by atoms with Crippen molar-refractivity contribution in [2.75, 3.05) is 12.4 Å². The van der Waals surface area contributed by atoms with E-state index in [-0.39, 0.29) is 11.8 Å². The molecule has 0 spiro atoms. The number of hydrogen-bond acceptors (Lipinski definition) is 3. The highest BCUT2D eigenvalue weighted by atomic mass is 16.5. The Hall–Kier alpha value is -2.30. The number of aryl methyl sites for hydroxylation is 3. The Bertz CT molecular complexity index is 805. The molecular formula is C19H25N3O2. The SMILES string of the molecule is COc1cc(C)c(C2CC(=O)Nc3c2c(C)nn3C)cc1C(C)C. The van der Waals surface area contributed by atoms with Crippen LogP contribution in [0.4, 0.5) is 5.82 Å². The average Bonchev–Trinajstić information content (AvgIpc) is 2.80. The summed E-state index contributed by atoms with van der Waals surface area (Å²) in [5.41, 5.74) is 5.60. The standard InChI is InChI=1S/C19H25N3O2/c1-10(2)13-8-14(11(3)7-16(13)24-6)15-9-17(23)20-19-18(15)12(4)21-22(19)5/h7-8,10,15H,9H2,1-6H3,(H,20,23). The predicted octanol–water partition coefficient (Wildman–Crippen LogP) is 3.64. The highest BCUT2D eigenvalue weighted by Gasteiger charge is 2.32. The number of carbonyl (C=O) groups excluding carboxylic acids is 1. The molecular weight excluding hydrogens is 302 g/mol. The van der Waals surface area contributed by atoms with Gasteiger partial charge < -0.3 is 10.1 Å². The first-order chi connectivity index (χ1) is 11.3. The monoisotopic (exact) mass is 327 g/mol. The molecule has 0 bridgehead atoms. The molecule has 5 heteroatoms. The van der Waals surface area contributed by atoms with E-state index in [1.165, 1.54) is 11.1 Å². The van der Waals surface area contributed by atoms with Gasteiger partial charge in [0.25, 0.3) is 0 Å². The van der Waals surface area contributed by atoms with Gasteiger partial charge in [-0.1, -0.05) is 19.9 Å². The molecule has 2 heterocycles. The van der Waals surface area contributed by atoms with Crippen LogP contribution in [0.2, 0.25) is 0 Å². The first-order valence-corrected chi connectivity index (χ1v) is 8.35. The minimum atomic E-state index is 0.0332. The van der Waals surface area contributed by atoms with E-state index in [9.17, 15) is 4.79 Å². The van der Waals surface area contributed by atoms with Gasteiger partial charge in [0.1, 0.15) is 11.6 Å². The van der Waals surface area contributed by atoms with E-state index >= 15 is 0 Å². The summed E-state index contributed by atoms with van der Waals surface area (Å²) in [5, 5.41) is 7.47. The third-order valence-corrected chi connectivity index (χ3v) is 4.88. The molecule has 3 rings (SSSR count). The molecule has 2 aromatic rings. The van der Waals surface area contributed by atoms with Gasteiger partial charge in [-0.2, -0.15) is 5.10 Å². The van der Waals surface area contributed by atoms with Crippen LogP contribution >= 0.6 is 0 Å². The Morgan fingerprint density at radius 3 is 2.67 bits per heavy atom. The smallest absolute Gasteiger partial charge is 0.226 e. The third-order valence-electron chi connectivity index (χ3n) is 4.88. The van der Waals surface area contributed by atoms with Gasteiger partial charge in [-0.3, -0.25) is 9.48 Å².